The Labute approximate surface area is 174 Å². The van der Waals surface area contributed by atoms with E-state index in [9.17, 15) is 4.79 Å². The van der Waals surface area contributed by atoms with Crippen molar-refractivity contribution in [1.82, 2.24) is 15.3 Å². The van der Waals surface area contributed by atoms with Crippen LogP contribution in [0.1, 0.15) is 49.3 Å². The molecule has 156 valence electrons. The number of hydrogen-bond donors (Lipinski definition) is 2. The van der Waals surface area contributed by atoms with Gasteiger partial charge in [0.15, 0.2) is 0 Å². The van der Waals surface area contributed by atoms with Gasteiger partial charge in [0.25, 0.3) is 0 Å². The average molecular weight is 396 g/mol. The monoisotopic (exact) mass is 395 g/mol. The van der Waals surface area contributed by atoms with Crippen LogP contribution in [0.4, 0.5) is 0 Å². The fraction of sp³-hybridized carbons (Fsp3) is 0.458. The fourth-order valence-corrected chi connectivity index (χ4v) is 4.16. The van der Waals surface area contributed by atoms with Crippen molar-refractivity contribution in [2.45, 2.75) is 38.1 Å². The third-order valence-electron chi connectivity index (χ3n) is 5.76. The first kappa shape index (κ1) is 21.5. The SMILES string of the molecule is O=C(CCCCCCN1CCN(C(c2ccccc2)c2ccccc2)CC1)NO. The molecule has 0 spiro atoms. The molecule has 0 atom stereocenters. The number of rotatable bonds is 10. The highest BCUT2D eigenvalue weighted by Gasteiger charge is 2.25. The van der Waals surface area contributed by atoms with Crippen LogP contribution in [-0.2, 0) is 4.79 Å². The lowest BCUT2D eigenvalue weighted by atomic mass is 9.96. The maximum absolute atomic E-state index is 11.0. The highest BCUT2D eigenvalue weighted by atomic mass is 16.5. The lowest BCUT2D eigenvalue weighted by Crippen LogP contribution is -2.48. The van der Waals surface area contributed by atoms with Crippen LogP contribution >= 0.6 is 0 Å². The zero-order valence-corrected chi connectivity index (χ0v) is 17.2. The molecule has 2 N–H and O–H groups in total. The lowest BCUT2D eigenvalue weighted by molar-refractivity contribution is -0.129. The topological polar surface area (TPSA) is 55.8 Å². The van der Waals surface area contributed by atoms with Gasteiger partial charge in [0.2, 0.25) is 5.91 Å². The van der Waals surface area contributed by atoms with Gasteiger partial charge in [-0.1, -0.05) is 73.5 Å². The largest absolute Gasteiger partial charge is 0.301 e. The molecule has 0 bridgehead atoms. The molecule has 5 heteroatoms. The number of carbonyl (C=O) groups is 1. The summed E-state index contributed by atoms with van der Waals surface area (Å²) in [5.41, 5.74) is 4.41. The third-order valence-corrected chi connectivity index (χ3v) is 5.76. The Hall–Kier alpha value is -2.21. The molecular formula is C24H33N3O2. The summed E-state index contributed by atoms with van der Waals surface area (Å²) < 4.78 is 0. The van der Waals surface area contributed by atoms with Gasteiger partial charge in [0.1, 0.15) is 0 Å². The summed E-state index contributed by atoms with van der Waals surface area (Å²) in [6.45, 7) is 5.48. The van der Waals surface area contributed by atoms with Crippen molar-refractivity contribution in [2.24, 2.45) is 0 Å². The molecule has 1 amide bonds. The first-order valence-electron chi connectivity index (χ1n) is 10.8. The number of hydroxylamine groups is 1. The van der Waals surface area contributed by atoms with Gasteiger partial charge >= 0.3 is 0 Å². The van der Waals surface area contributed by atoms with Gasteiger partial charge < -0.3 is 4.90 Å². The molecule has 1 aliphatic rings. The normalized spacial score (nSPS) is 15.5. The molecule has 1 fully saturated rings. The van der Waals surface area contributed by atoms with Gasteiger partial charge in [0, 0.05) is 32.6 Å². The first-order valence-corrected chi connectivity index (χ1v) is 10.8. The predicted octanol–water partition coefficient (Wildman–Crippen LogP) is 3.85. The van der Waals surface area contributed by atoms with Crippen LogP contribution < -0.4 is 5.48 Å². The Balaban J connectivity index is 1.46. The zero-order valence-electron chi connectivity index (χ0n) is 17.2. The van der Waals surface area contributed by atoms with E-state index < -0.39 is 0 Å². The van der Waals surface area contributed by atoms with E-state index in [1.807, 2.05) is 0 Å². The summed E-state index contributed by atoms with van der Waals surface area (Å²) in [5.74, 6) is -0.285. The minimum Gasteiger partial charge on any atom is -0.301 e. The molecule has 1 saturated heterocycles. The van der Waals surface area contributed by atoms with E-state index >= 15 is 0 Å². The lowest BCUT2D eigenvalue weighted by Gasteiger charge is -2.39. The molecule has 29 heavy (non-hydrogen) atoms. The quantitative estimate of drug-likeness (QED) is 0.364. The second-order valence-electron chi connectivity index (χ2n) is 7.80. The number of nitrogens with one attached hydrogen (secondary N) is 1. The Morgan fingerprint density at radius 1 is 0.828 bits per heavy atom. The molecule has 0 aromatic heterocycles. The first-order chi connectivity index (χ1) is 14.3. The van der Waals surface area contributed by atoms with E-state index in [2.05, 4.69) is 70.5 Å². The van der Waals surface area contributed by atoms with Crippen LogP contribution in [0.15, 0.2) is 60.7 Å². The standard InChI is InChI=1S/C24H33N3O2/c28-23(25-29)15-9-1-2-10-16-26-17-19-27(20-18-26)24(21-11-5-3-6-12-21)22-13-7-4-8-14-22/h3-8,11-14,24,29H,1-2,9-10,15-20H2,(H,25,28). The van der Waals surface area contributed by atoms with Gasteiger partial charge in [-0.25, -0.2) is 5.48 Å². The van der Waals surface area contributed by atoms with E-state index in [0.717, 1.165) is 52.0 Å². The van der Waals surface area contributed by atoms with Crippen molar-refractivity contribution in [2.75, 3.05) is 32.7 Å². The van der Waals surface area contributed by atoms with Crippen LogP contribution in [0, 0.1) is 0 Å². The van der Waals surface area contributed by atoms with Crippen LogP contribution in [0.2, 0.25) is 0 Å². The Bertz CT molecular complexity index is 676. The van der Waals surface area contributed by atoms with Crippen molar-refractivity contribution in [1.29, 1.82) is 0 Å². The van der Waals surface area contributed by atoms with Gasteiger partial charge in [-0.15, -0.1) is 0 Å². The molecule has 1 heterocycles. The van der Waals surface area contributed by atoms with Crippen molar-refractivity contribution < 1.29 is 10.0 Å². The zero-order chi connectivity index (χ0) is 20.3. The molecule has 0 saturated carbocycles. The van der Waals surface area contributed by atoms with Crippen molar-refractivity contribution in [3.8, 4) is 0 Å². The van der Waals surface area contributed by atoms with Crippen LogP contribution in [0.3, 0.4) is 0 Å². The van der Waals surface area contributed by atoms with Crippen LogP contribution in [0.5, 0.6) is 0 Å². The van der Waals surface area contributed by atoms with E-state index in [4.69, 9.17) is 5.21 Å². The highest BCUT2D eigenvalue weighted by Crippen LogP contribution is 2.29. The fourth-order valence-electron chi connectivity index (χ4n) is 4.16. The molecular weight excluding hydrogens is 362 g/mol. The molecule has 2 aromatic carbocycles. The Morgan fingerprint density at radius 2 is 1.38 bits per heavy atom. The summed E-state index contributed by atoms with van der Waals surface area (Å²) in [4.78, 5) is 16.2. The predicted molar refractivity (Wildman–Crippen MR) is 116 cm³/mol. The number of hydrogen-bond acceptors (Lipinski definition) is 4. The Kier molecular flexibility index (Phi) is 8.68. The molecule has 0 aliphatic carbocycles. The molecule has 0 radical (unpaired) electrons. The highest BCUT2D eigenvalue weighted by molar-refractivity contribution is 5.74. The minimum atomic E-state index is -0.285. The number of piperazine rings is 1. The molecule has 3 rings (SSSR count). The summed E-state index contributed by atoms with van der Waals surface area (Å²) in [5, 5.41) is 8.50. The van der Waals surface area contributed by atoms with Crippen LogP contribution in [-0.4, -0.2) is 53.6 Å². The van der Waals surface area contributed by atoms with Gasteiger partial charge in [0.05, 0.1) is 6.04 Å². The molecule has 5 nitrogen and oxygen atoms in total. The smallest absolute Gasteiger partial charge is 0.243 e. The number of carbonyl (C=O) groups excluding carboxylic acids is 1. The molecule has 0 unspecified atom stereocenters. The summed E-state index contributed by atoms with van der Waals surface area (Å²) >= 11 is 0. The summed E-state index contributed by atoms with van der Waals surface area (Å²) in [6.07, 6.45) is 4.60. The number of benzene rings is 2. The number of nitrogens with zero attached hydrogens (tertiary/aromatic N) is 2. The third kappa shape index (κ3) is 6.67. The number of unbranched alkanes of at least 4 members (excludes halogenated alkanes) is 3. The Morgan fingerprint density at radius 3 is 1.93 bits per heavy atom. The van der Waals surface area contributed by atoms with Crippen LogP contribution in [0.25, 0.3) is 0 Å². The second-order valence-corrected chi connectivity index (χ2v) is 7.80. The molecule has 1 aliphatic heterocycles. The maximum Gasteiger partial charge on any atom is 0.243 e. The average Bonchev–Trinajstić information content (AvgIpc) is 2.78. The van der Waals surface area contributed by atoms with E-state index in [-0.39, 0.29) is 5.91 Å². The van der Waals surface area contributed by atoms with Gasteiger partial charge in [-0.2, -0.15) is 0 Å². The van der Waals surface area contributed by atoms with Gasteiger partial charge in [-0.05, 0) is 30.5 Å². The second kappa shape index (κ2) is 11.7. The van der Waals surface area contributed by atoms with E-state index in [1.54, 1.807) is 5.48 Å². The van der Waals surface area contributed by atoms with Crippen molar-refractivity contribution >= 4 is 5.91 Å². The number of amides is 1. The van der Waals surface area contributed by atoms with E-state index in [0.29, 0.717) is 12.5 Å². The summed E-state index contributed by atoms with van der Waals surface area (Å²) in [6, 6.07) is 22.0. The maximum atomic E-state index is 11.0. The molecule has 2 aromatic rings. The minimum absolute atomic E-state index is 0.285. The summed E-state index contributed by atoms with van der Waals surface area (Å²) in [7, 11) is 0. The van der Waals surface area contributed by atoms with Gasteiger partial charge in [-0.3, -0.25) is 14.9 Å². The van der Waals surface area contributed by atoms with E-state index in [1.165, 1.54) is 17.5 Å². The van der Waals surface area contributed by atoms with Crippen molar-refractivity contribution in [3.05, 3.63) is 71.8 Å². The van der Waals surface area contributed by atoms with Crippen molar-refractivity contribution in [3.63, 3.8) is 0 Å².